The Morgan fingerprint density at radius 2 is 1.69 bits per heavy atom. The Labute approximate surface area is 205 Å². The zero-order valence-electron chi connectivity index (χ0n) is 18.9. The summed E-state index contributed by atoms with van der Waals surface area (Å²) in [5, 5.41) is 19.6. The van der Waals surface area contributed by atoms with Crippen molar-refractivity contribution in [3.63, 3.8) is 0 Å². The lowest BCUT2D eigenvalue weighted by molar-refractivity contribution is 0.0675. The highest BCUT2D eigenvalue weighted by Gasteiger charge is 2.35. The Bertz CT molecular complexity index is 1620. The fourth-order valence-electron chi connectivity index (χ4n) is 4.80. The van der Waals surface area contributed by atoms with E-state index in [4.69, 9.17) is 4.74 Å². The molecule has 0 aliphatic carbocycles. The van der Waals surface area contributed by atoms with Gasteiger partial charge < -0.3 is 4.74 Å². The fraction of sp³-hybridized carbons (Fsp3) is 0.179. The largest absolute Gasteiger partial charge is 0.381 e. The molecule has 3 heterocycles. The zero-order valence-corrected chi connectivity index (χ0v) is 19.7. The number of rotatable bonds is 4. The van der Waals surface area contributed by atoms with Crippen LogP contribution in [0.3, 0.4) is 0 Å². The van der Waals surface area contributed by atoms with E-state index in [0.29, 0.717) is 35.8 Å². The second-order valence-electron chi connectivity index (χ2n) is 8.74. The minimum absolute atomic E-state index is 0.564. The van der Waals surface area contributed by atoms with Gasteiger partial charge in [0.25, 0.3) is 0 Å². The van der Waals surface area contributed by atoms with Crippen LogP contribution in [0.25, 0.3) is 27.9 Å². The summed E-state index contributed by atoms with van der Waals surface area (Å²) < 4.78 is 21.1. The number of hydrogen-bond acceptors (Lipinski definition) is 5. The summed E-state index contributed by atoms with van der Waals surface area (Å²) in [6.07, 6.45) is 1.29. The third kappa shape index (κ3) is 3.72. The average Bonchev–Trinajstić information content (AvgIpc) is 3.38. The van der Waals surface area contributed by atoms with Gasteiger partial charge in [-0.05, 0) is 66.3 Å². The molecular weight excluding hydrogens is 456 g/mol. The van der Waals surface area contributed by atoms with Gasteiger partial charge in [-0.1, -0.05) is 42.5 Å². The number of fused-ring (bicyclic) bond motifs is 3. The summed E-state index contributed by atoms with van der Waals surface area (Å²) in [6, 6.07) is 29.8. The molecule has 7 heteroatoms. The van der Waals surface area contributed by atoms with E-state index in [1.165, 1.54) is 0 Å². The van der Waals surface area contributed by atoms with Crippen LogP contribution in [0.4, 0.5) is 0 Å². The maximum absolute atomic E-state index is 13.6. The van der Waals surface area contributed by atoms with E-state index in [1.54, 1.807) is 0 Å². The van der Waals surface area contributed by atoms with Gasteiger partial charge in [-0.2, -0.15) is 5.26 Å². The molecule has 1 unspecified atom stereocenters. The molecule has 1 fully saturated rings. The number of aromatic nitrogens is 3. The molecule has 0 amide bonds. The van der Waals surface area contributed by atoms with Crippen LogP contribution in [0.5, 0.6) is 0 Å². The quantitative estimate of drug-likeness (QED) is 0.351. The molecule has 0 spiro atoms. The Balaban J connectivity index is 1.40. The molecule has 3 aromatic carbocycles. The van der Waals surface area contributed by atoms with Crippen molar-refractivity contribution in [3.8, 4) is 17.5 Å². The van der Waals surface area contributed by atoms with E-state index in [0.717, 1.165) is 33.5 Å². The number of nitrogens with zero attached hydrogens (tertiary/aromatic N) is 4. The summed E-state index contributed by atoms with van der Waals surface area (Å²) in [6.45, 7) is 1.13. The van der Waals surface area contributed by atoms with Gasteiger partial charge in [0.1, 0.15) is 0 Å². The molecule has 0 N–H and O–H groups in total. The smallest absolute Gasteiger partial charge is 0.168 e. The van der Waals surface area contributed by atoms with E-state index < -0.39 is 16.2 Å². The fourth-order valence-corrected chi connectivity index (χ4v) is 5.93. The van der Waals surface area contributed by atoms with Gasteiger partial charge in [0.15, 0.2) is 11.5 Å². The van der Waals surface area contributed by atoms with Crippen LogP contribution in [0, 0.1) is 11.3 Å². The van der Waals surface area contributed by atoms with Gasteiger partial charge in [-0.25, -0.2) is 4.21 Å². The zero-order chi connectivity index (χ0) is 23.8. The predicted molar refractivity (Wildman–Crippen MR) is 134 cm³/mol. The Morgan fingerprint density at radius 3 is 2.49 bits per heavy atom. The molecule has 172 valence electrons. The summed E-state index contributed by atoms with van der Waals surface area (Å²) in [5.74, 6) is 0.769. The Hall–Kier alpha value is -3.86. The number of pyridine rings is 1. The lowest BCUT2D eigenvalue weighted by Gasteiger charge is -2.31. The number of nitriles is 1. The van der Waals surface area contributed by atoms with Crippen molar-refractivity contribution < 1.29 is 8.95 Å². The van der Waals surface area contributed by atoms with Gasteiger partial charge in [-0.3, -0.25) is 4.40 Å². The van der Waals surface area contributed by atoms with Gasteiger partial charge in [0, 0.05) is 28.6 Å². The van der Waals surface area contributed by atoms with Crippen LogP contribution >= 0.6 is 0 Å². The minimum atomic E-state index is -1.38. The molecule has 0 saturated carbocycles. The van der Waals surface area contributed by atoms with Crippen LogP contribution in [0.15, 0.2) is 94.7 Å². The molecule has 5 aromatic rings. The second-order valence-corrected chi connectivity index (χ2v) is 10.2. The molecule has 0 radical (unpaired) electrons. The molecule has 35 heavy (non-hydrogen) atoms. The van der Waals surface area contributed by atoms with Crippen molar-refractivity contribution in [2.24, 2.45) is 0 Å². The average molecular weight is 479 g/mol. The van der Waals surface area contributed by atoms with E-state index in [1.807, 2.05) is 89.3 Å². The van der Waals surface area contributed by atoms with Crippen LogP contribution in [0.2, 0.25) is 0 Å². The maximum atomic E-state index is 13.6. The van der Waals surface area contributed by atoms with Crippen LogP contribution in [0.1, 0.15) is 18.4 Å². The highest BCUT2D eigenvalue weighted by atomic mass is 32.2. The third-order valence-electron chi connectivity index (χ3n) is 6.75. The van der Waals surface area contributed by atoms with Gasteiger partial charge in [-0.15, -0.1) is 10.2 Å². The van der Waals surface area contributed by atoms with Crippen molar-refractivity contribution in [1.82, 2.24) is 14.6 Å². The maximum Gasteiger partial charge on any atom is 0.168 e. The molecule has 2 aromatic heterocycles. The van der Waals surface area contributed by atoms with Crippen molar-refractivity contribution in [2.75, 3.05) is 13.2 Å². The first-order valence-electron chi connectivity index (χ1n) is 11.5. The van der Waals surface area contributed by atoms with Crippen LogP contribution in [-0.4, -0.2) is 32.0 Å². The van der Waals surface area contributed by atoms with Crippen molar-refractivity contribution in [3.05, 3.63) is 90.5 Å². The van der Waals surface area contributed by atoms with E-state index in [9.17, 15) is 9.47 Å². The summed E-state index contributed by atoms with van der Waals surface area (Å²) in [5.41, 5.74) is 3.02. The molecule has 1 atom stereocenters. The first-order chi connectivity index (χ1) is 17.2. The molecular formula is C28H22N4O2S. The molecule has 1 aliphatic heterocycles. The molecule has 1 saturated heterocycles. The summed E-state index contributed by atoms with van der Waals surface area (Å²) in [7, 11) is -1.38. The number of benzene rings is 3. The van der Waals surface area contributed by atoms with E-state index in [-0.39, 0.29) is 0 Å². The lowest BCUT2D eigenvalue weighted by atomic mass is 9.75. The summed E-state index contributed by atoms with van der Waals surface area (Å²) >= 11 is 0. The lowest BCUT2D eigenvalue weighted by Crippen LogP contribution is -2.32. The minimum Gasteiger partial charge on any atom is -0.381 e. The SMILES string of the molecule is N#CC1(c2cccc(S(=O)c3ccc4c(ccc5nnc(-c6ccccc6)n54)c3)c2)CCOCC1. The van der Waals surface area contributed by atoms with Gasteiger partial charge in [0.2, 0.25) is 0 Å². The molecule has 6 rings (SSSR count). The Morgan fingerprint density at radius 1 is 0.886 bits per heavy atom. The first kappa shape index (κ1) is 21.7. The van der Waals surface area contributed by atoms with Crippen LogP contribution < -0.4 is 0 Å². The van der Waals surface area contributed by atoms with Crippen molar-refractivity contribution >= 4 is 27.3 Å². The monoisotopic (exact) mass is 478 g/mol. The predicted octanol–water partition coefficient (Wildman–Crippen LogP) is 5.29. The van der Waals surface area contributed by atoms with Crippen LogP contribution in [-0.2, 0) is 21.0 Å². The van der Waals surface area contributed by atoms with E-state index in [2.05, 4.69) is 16.3 Å². The first-order valence-corrected chi connectivity index (χ1v) is 12.7. The Kier molecular flexibility index (Phi) is 5.40. The normalized spacial score (nSPS) is 16.2. The number of hydrogen-bond donors (Lipinski definition) is 0. The third-order valence-corrected chi connectivity index (χ3v) is 8.11. The van der Waals surface area contributed by atoms with Gasteiger partial charge in [0.05, 0.1) is 27.8 Å². The number of ether oxygens (including phenoxy) is 1. The standard InChI is InChI=1S/C28H22N4O2S/c29-19-28(13-15-34-16-14-28)22-7-4-8-23(18-22)35(33)24-10-11-25-21(17-24)9-12-26-30-31-27(32(25)26)20-5-2-1-3-6-20/h1-12,17-18H,13-16H2. The van der Waals surface area contributed by atoms with Gasteiger partial charge >= 0.3 is 0 Å². The van der Waals surface area contributed by atoms with Crippen molar-refractivity contribution in [1.29, 1.82) is 5.26 Å². The molecule has 1 aliphatic rings. The summed E-state index contributed by atoms with van der Waals surface area (Å²) in [4.78, 5) is 1.40. The highest BCUT2D eigenvalue weighted by Crippen LogP contribution is 2.35. The highest BCUT2D eigenvalue weighted by molar-refractivity contribution is 7.85. The topological polar surface area (TPSA) is 80.3 Å². The van der Waals surface area contributed by atoms with Crippen molar-refractivity contribution in [2.45, 2.75) is 28.0 Å². The van der Waals surface area contributed by atoms with E-state index >= 15 is 0 Å². The second kappa shape index (κ2) is 8.73. The molecule has 0 bridgehead atoms. The molecule has 6 nitrogen and oxygen atoms in total.